The summed E-state index contributed by atoms with van der Waals surface area (Å²) in [5.74, 6) is 0.522. The summed E-state index contributed by atoms with van der Waals surface area (Å²) in [7, 11) is 0. The van der Waals surface area contributed by atoms with Crippen LogP contribution in [0.25, 0.3) is 0 Å². The van der Waals surface area contributed by atoms with Crippen LogP contribution in [0.3, 0.4) is 0 Å². The molecule has 0 aliphatic heterocycles. The summed E-state index contributed by atoms with van der Waals surface area (Å²) in [6.07, 6.45) is 13.4. The molecular weight excluding hydrogens is 450 g/mol. The lowest BCUT2D eigenvalue weighted by Gasteiger charge is -2.70. The molecule has 36 heavy (non-hydrogen) atoms. The number of hydrogen-bond donors (Lipinski definition) is 2. The zero-order chi connectivity index (χ0) is 26.3. The lowest BCUT2D eigenvalue weighted by molar-refractivity contribution is -0.167. The molecule has 0 aromatic heterocycles. The van der Waals surface area contributed by atoms with Crippen molar-refractivity contribution >= 4 is 11.7 Å². The number of fused-ring (bicyclic) bond motifs is 7. The van der Waals surface area contributed by atoms with Crippen LogP contribution in [0, 0.1) is 33.0 Å². The number of amides is 1. The van der Waals surface area contributed by atoms with Crippen LogP contribution in [0.2, 0.25) is 0 Å². The standard InChI is InChI=1S/C31H43NO4/c1-19-20-7-8-23-29(4,21(20)17-22(34)25(19)36-16-15-33)12-14-31(6)24-18-28(3,26(32)35)10-9-27(24,2)11-13-30(23,31)5/h7-8,17,24,33H,9-16,18H2,1-6H3,(H2,32,35)/t24-,27-,28-,29+,30-,31+/m1/s1. The molecule has 5 nitrogen and oxygen atoms in total. The number of ether oxygens (including phenoxy) is 1. The molecule has 5 aliphatic rings. The third kappa shape index (κ3) is 3.17. The molecule has 0 bridgehead atoms. The number of rotatable bonds is 4. The van der Waals surface area contributed by atoms with Crippen molar-refractivity contribution in [3.63, 3.8) is 0 Å². The van der Waals surface area contributed by atoms with Crippen molar-refractivity contribution in [2.75, 3.05) is 13.2 Å². The molecule has 5 rings (SSSR count). The van der Waals surface area contributed by atoms with Gasteiger partial charge in [0.1, 0.15) is 6.61 Å². The minimum atomic E-state index is -0.439. The van der Waals surface area contributed by atoms with Gasteiger partial charge >= 0.3 is 0 Å². The van der Waals surface area contributed by atoms with E-state index in [4.69, 9.17) is 10.5 Å². The summed E-state index contributed by atoms with van der Waals surface area (Å²) in [6, 6.07) is 0. The van der Waals surface area contributed by atoms with Gasteiger partial charge in [0.2, 0.25) is 11.7 Å². The lowest BCUT2D eigenvalue weighted by atomic mass is 9.34. The van der Waals surface area contributed by atoms with E-state index in [0.717, 1.165) is 61.7 Å². The number of hydrogen-bond acceptors (Lipinski definition) is 4. The molecule has 0 saturated heterocycles. The summed E-state index contributed by atoms with van der Waals surface area (Å²) < 4.78 is 5.64. The number of ketones is 1. The van der Waals surface area contributed by atoms with E-state index in [1.54, 1.807) is 6.08 Å². The first-order valence-electron chi connectivity index (χ1n) is 13.7. The van der Waals surface area contributed by atoms with Gasteiger partial charge < -0.3 is 15.6 Å². The molecule has 0 heterocycles. The van der Waals surface area contributed by atoms with Gasteiger partial charge in [-0.1, -0.05) is 52.3 Å². The minimum absolute atomic E-state index is 0.0305. The largest absolute Gasteiger partial charge is 0.487 e. The first-order valence-corrected chi connectivity index (χ1v) is 13.7. The monoisotopic (exact) mass is 493 g/mol. The van der Waals surface area contributed by atoms with Gasteiger partial charge in [-0.2, -0.15) is 0 Å². The van der Waals surface area contributed by atoms with Crippen LogP contribution in [0.15, 0.2) is 46.3 Å². The van der Waals surface area contributed by atoms with Crippen molar-refractivity contribution in [1.29, 1.82) is 0 Å². The van der Waals surface area contributed by atoms with E-state index in [-0.39, 0.29) is 46.6 Å². The van der Waals surface area contributed by atoms with Crippen molar-refractivity contribution in [2.24, 2.45) is 38.7 Å². The zero-order valence-corrected chi connectivity index (χ0v) is 22.9. The average molecular weight is 494 g/mol. The minimum Gasteiger partial charge on any atom is -0.487 e. The van der Waals surface area contributed by atoms with Crippen molar-refractivity contribution in [3.8, 4) is 0 Å². The fourth-order valence-corrected chi connectivity index (χ4v) is 9.00. The quantitative estimate of drug-likeness (QED) is 0.537. The molecule has 5 aliphatic carbocycles. The van der Waals surface area contributed by atoms with Crippen LogP contribution in [-0.2, 0) is 14.3 Å². The summed E-state index contributed by atoms with van der Waals surface area (Å²) >= 11 is 0. The molecular formula is C31H43NO4. The Morgan fingerprint density at radius 2 is 1.75 bits per heavy atom. The Labute approximate surface area is 215 Å². The van der Waals surface area contributed by atoms with Crippen molar-refractivity contribution in [2.45, 2.75) is 86.5 Å². The van der Waals surface area contributed by atoms with Crippen LogP contribution >= 0.6 is 0 Å². The van der Waals surface area contributed by atoms with Gasteiger partial charge in [-0.15, -0.1) is 0 Å². The summed E-state index contributed by atoms with van der Waals surface area (Å²) in [5.41, 5.74) is 10.0. The third-order valence-corrected chi connectivity index (χ3v) is 11.8. The molecule has 0 spiro atoms. The van der Waals surface area contributed by atoms with Gasteiger partial charge in [-0.05, 0) is 91.3 Å². The predicted molar refractivity (Wildman–Crippen MR) is 141 cm³/mol. The Morgan fingerprint density at radius 3 is 2.42 bits per heavy atom. The number of aliphatic hydroxyl groups is 1. The third-order valence-electron chi connectivity index (χ3n) is 11.8. The second-order valence-corrected chi connectivity index (χ2v) is 13.5. The van der Waals surface area contributed by atoms with E-state index in [1.165, 1.54) is 5.57 Å². The number of nitrogens with two attached hydrogens (primary N) is 1. The van der Waals surface area contributed by atoms with Crippen molar-refractivity contribution in [1.82, 2.24) is 0 Å². The number of carbonyl (C=O) groups is 2. The highest BCUT2D eigenvalue weighted by Gasteiger charge is 2.67. The number of carbonyl (C=O) groups excluding carboxylic acids is 2. The topological polar surface area (TPSA) is 89.6 Å². The highest BCUT2D eigenvalue weighted by molar-refractivity contribution is 6.07. The molecule has 1 amide bonds. The molecule has 6 atom stereocenters. The van der Waals surface area contributed by atoms with Crippen molar-refractivity contribution in [3.05, 3.63) is 46.3 Å². The smallest absolute Gasteiger partial charge is 0.223 e. The summed E-state index contributed by atoms with van der Waals surface area (Å²) in [5, 5.41) is 9.20. The van der Waals surface area contributed by atoms with Crippen molar-refractivity contribution < 1.29 is 19.4 Å². The van der Waals surface area contributed by atoms with Crippen LogP contribution in [0.5, 0.6) is 0 Å². The Hall–Kier alpha value is -2.14. The Bertz CT molecular complexity index is 1160. The van der Waals surface area contributed by atoms with E-state index >= 15 is 0 Å². The molecule has 0 radical (unpaired) electrons. The molecule has 5 heteroatoms. The number of aliphatic hydroxyl groups excluding tert-OH is 1. The highest BCUT2D eigenvalue weighted by atomic mass is 16.5. The van der Waals surface area contributed by atoms with Gasteiger partial charge in [0.25, 0.3) is 0 Å². The van der Waals surface area contributed by atoms with Crippen LogP contribution in [-0.4, -0.2) is 30.0 Å². The fraction of sp³-hybridized carbons (Fsp3) is 0.677. The van der Waals surface area contributed by atoms with Crippen LogP contribution in [0.4, 0.5) is 0 Å². The summed E-state index contributed by atoms with van der Waals surface area (Å²) in [6.45, 7) is 13.7. The van der Waals surface area contributed by atoms with Gasteiger partial charge in [-0.25, -0.2) is 0 Å². The molecule has 0 aromatic rings. The molecule has 3 fully saturated rings. The molecule has 3 saturated carbocycles. The molecule has 0 unspecified atom stereocenters. The fourth-order valence-electron chi connectivity index (χ4n) is 9.00. The maximum Gasteiger partial charge on any atom is 0.223 e. The second kappa shape index (κ2) is 7.93. The van der Waals surface area contributed by atoms with E-state index < -0.39 is 5.41 Å². The Balaban J connectivity index is 1.60. The zero-order valence-electron chi connectivity index (χ0n) is 22.9. The van der Waals surface area contributed by atoms with Gasteiger partial charge in [0.05, 0.1) is 6.61 Å². The van der Waals surface area contributed by atoms with Gasteiger partial charge in [-0.3, -0.25) is 9.59 Å². The molecule has 0 aromatic carbocycles. The average Bonchev–Trinajstić information content (AvgIpc) is 2.82. The highest BCUT2D eigenvalue weighted by Crippen LogP contribution is 2.75. The van der Waals surface area contributed by atoms with E-state index in [9.17, 15) is 14.7 Å². The normalized spacial score (nSPS) is 43.8. The Morgan fingerprint density at radius 1 is 1.06 bits per heavy atom. The maximum atomic E-state index is 13.1. The van der Waals surface area contributed by atoms with Gasteiger partial charge in [0.15, 0.2) is 5.76 Å². The molecule has 196 valence electrons. The van der Waals surface area contributed by atoms with Gasteiger partial charge in [0, 0.05) is 16.4 Å². The SMILES string of the molecule is CC1=C(OCCO)C(=O)C=C2C1=CC=C1[C@@]2(C)CC[C@@]2(C)[C@@H]3C[C@](C)(C(N)=O)CC[C@]3(C)CC[C@]12C. The van der Waals surface area contributed by atoms with Crippen LogP contribution < -0.4 is 5.73 Å². The first kappa shape index (κ1) is 25.5. The van der Waals surface area contributed by atoms with E-state index in [1.807, 2.05) is 6.92 Å². The molecule has 3 N–H and O–H groups in total. The van der Waals surface area contributed by atoms with Crippen LogP contribution in [0.1, 0.15) is 86.5 Å². The second-order valence-electron chi connectivity index (χ2n) is 13.5. The lowest BCUT2D eigenvalue weighted by Crippen LogP contribution is -2.62. The van der Waals surface area contributed by atoms with E-state index in [2.05, 4.69) is 46.8 Å². The Kier molecular flexibility index (Phi) is 5.62. The summed E-state index contributed by atoms with van der Waals surface area (Å²) in [4.78, 5) is 25.7. The first-order chi connectivity index (χ1) is 16.8. The number of allylic oxidation sites excluding steroid dienone is 7. The van der Waals surface area contributed by atoms with E-state index in [0.29, 0.717) is 11.7 Å². The number of primary amides is 1. The maximum absolute atomic E-state index is 13.1. The predicted octanol–water partition coefficient (Wildman–Crippen LogP) is 5.55.